The number of hydrogen-bond acceptors (Lipinski definition) is 6. The molecule has 1 aliphatic heterocycles. The molecular weight excluding hydrogens is 352 g/mol. The van der Waals surface area contributed by atoms with Gasteiger partial charge in [-0.1, -0.05) is 0 Å². The third-order valence-electron chi connectivity index (χ3n) is 3.69. The maximum absolute atomic E-state index is 12.7. The molecule has 1 aliphatic rings. The van der Waals surface area contributed by atoms with Gasteiger partial charge in [0.25, 0.3) is 0 Å². The summed E-state index contributed by atoms with van der Waals surface area (Å²) in [5.41, 5.74) is 1.06. The van der Waals surface area contributed by atoms with Gasteiger partial charge in [-0.25, -0.2) is 9.59 Å². The fraction of sp³-hybridized carbons (Fsp3) is 0.526. The van der Waals surface area contributed by atoms with Crippen molar-refractivity contribution in [2.45, 2.75) is 53.2 Å². The fourth-order valence-electron chi connectivity index (χ4n) is 2.60. The van der Waals surface area contributed by atoms with E-state index >= 15 is 0 Å². The van der Waals surface area contributed by atoms with E-state index in [1.54, 1.807) is 46.8 Å². The van der Waals surface area contributed by atoms with Gasteiger partial charge in [0.1, 0.15) is 11.4 Å². The predicted molar refractivity (Wildman–Crippen MR) is 100 cm³/mol. The zero-order valence-corrected chi connectivity index (χ0v) is 16.5. The van der Waals surface area contributed by atoms with Crippen molar-refractivity contribution in [3.63, 3.8) is 0 Å². The van der Waals surface area contributed by atoms with Crippen LogP contribution in [0.25, 0.3) is 0 Å². The van der Waals surface area contributed by atoms with E-state index < -0.39 is 23.8 Å². The Hall–Kier alpha value is -2.77. The van der Waals surface area contributed by atoms with Crippen LogP contribution in [0.3, 0.4) is 0 Å². The first-order chi connectivity index (χ1) is 12.5. The summed E-state index contributed by atoms with van der Waals surface area (Å²) in [5.74, 6) is -0.516. The number of carbonyl (C=O) groups is 3. The van der Waals surface area contributed by atoms with Crippen molar-refractivity contribution in [3.05, 3.63) is 17.7 Å². The van der Waals surface area contributed by atoms with Crippen LogP contribution in [0.1, 0.15) is 40.2 Å². The third-order valence-corrected chi connectivity index (χ3v) is 3.69. The van der Waals surface area contributed by atoms with Crippen LogP contribution in [-0.4, -0.2) is 42.8 Å². The highest BCUT2D eigenvalue weighted by molar-refractivity contribution is 5.95. The number of carbonyl (C=O) groups excluding carboxylic acids is 3. The zero-order valence-electron chi connectivity index (χ0n) is 16.5. The standard InChI is InChI=1S/C19H26N2O6/c1-7-25-17(23)16-10-21(18(24)27-19(4,5)6)14-8-11(2)13(20-12(3)22)9-15(14)26-16/h8-9,16H,7,10H2,1-6H3,(H,20,22). The van der Waals surface area contributed by atoms with E-state index in [-0.39, 0.29) is 19.1 Å². The molecule has 1 atom stereocenters. The lowest BCUT2D eigenvalue weighted by atomic mass is 10.1. The van der Waals surface area contributed by atoms with Gasteiger partial charge in [0.2, 0.25) is 12.0 Å². The molecule has 0 bridgehead atoms. The van der Waals surface area contributed by atoms with E-state index in [9.17, 15) is 14.4 Å². The van der Waals surface area contributed by atoms with Gasteiger partial charge in [0.15, 0.2) is 0 Å². The van der Waals surface area contributed by atoms with Crippen LogP contribution < -0.4 is 15.0 Å². The Morgan fingerprint density at radius 2 is 1.96 bits per heavy atom. The van der Waals surface area contributed by atoms with E-state index in [0.717, 1.165) is 5.56 Å². The molecule has 0 aromatic heterocycles. The fourth-order valence-corrected chi connectivity index (χ4v) is 2.60. The summed E-state index contributed by atoms with van der Waals surface area (Å²) in [7, 11) is 0. The minimum atomic E-state index is -0.988. The van der Waals surface area contributed by atoms with E-state index in [4.69, 9.17) is 14.2 Å². The molecule has 2 rings (SSSR count). The van der Waals surface area contributed by atoms with Crippen molar-refractivity contribution in [2.24, 2.45) is 0 Å². The zero-order chi connectivity index (χ0) is 20.4. The quantitative estimate of drug-likeness (QED) is 0.813. The molecule has 2 amide bonds. The first-order valence-corrected chi connectivity index (χ1v) is 8.78. The molecule has 0 saturated heterocycles. The molecule has 148 valence electrons. The molecule has 8 heteroatoms. The second-order valence-corrected chi connectivity index (χ2v) is 7.27. The number of hydrogen-bond donors (Lipinski definition) is 1. The summed E-state index contributed by atoms with van der Waals surface area (Å²) in [6, 6.07) is 3.31. The lowest BCUT2D eigenvalue weighted by Gasteiger charge is -2.35. The van der Waals surface area contributed by atoms with E-state index in [0.29, 0.717) is 17.1 Å². The third kappa shape index (κ3) is 5.12. The molecule has 0 fully saturated rings. The summed E-state index contributed by atoms with van der Waals surface area (Å²) < 4.78 is 16.3. The Labute approximate surface area is 158 Å². The normalized spacial score (nSPS) is 16.1. The van der Waals surface area contributed by atoms with Crippen LogP contribution in [0.2, 0.25) is 0 Å². The summed E-state index contributed by atoms with van der Waals surface area (Å²) in [5, 5.41) is 2.70. The van der Waals surface area contributed by atoms with E-state index in [2.05, 4.69) is 5.32 Å². The number of amides is 2. The van der Waals surface area contributed by atoms with Gasteiger partial charge < -0.3 is 19.5 Å². The number of rotatable bonds is 3. The second kappa shape index (κ2) is 7.85. The Morgan fingerprint density at radius 3 is 2.52 bits per heavy atom. The highest BCUT2D eigenvalue weighted by atomic mass is 16.6. The van der Waals surface area contributed by atoms with Gasteiger partial charge in [-0.2, -0.15) is 0 Å². The molecular formula is C19H26N2O6. The lowest BCUT2D eigenvalue weighted by molar-refractivity contribution is -0.151. The van der Waals surface area contributed by atoms with Crippen LogP contribution in [-0.2, 0) is 19.1 Å². The van der Waals surface area contributed by atoms with Gasteiger partial charge in [0, 0.05) is 18.7 Å². The molecule has 1 heterocycles. The number of ether oxygens (including phenoxy) is 3. The number of nitrogens with zero attached hydrogens (tertiary/aromatic N) is 1. The summed E-state index contributed by atoms with van der Waals surface area (Å²) in [4.78, 5) is 37.7. The number of nitrogens with one attached hydrogen (secondary N) is 1. The maximum atomic E-state index is 12.7. The Morgan fingerprint density at radius 1 is 1.30 bits per heavy atom. The van der Waals surface area contributed by atoms with Crippen LogP contribution >= 0.6 is 0 Å². The number of fused-ring (bicyclic) bond motifs is 1. The topological polar surface area (TPSA) is 94.2 Å². The molecule has 1 N–H and O–H groups in total. The van der Waals surface area contributed by atoms with Crippen LogP contribution in [0.5, 0.6) is 5.75 Å². The minimum absolute atomic E-state index is 0.0281. The van der Waals surface area contributed by atoms with E-state index in [1.165, 1.54) is 11.8 Å². The van der Waals surface area contributed by atoms with Crippen molar-refractivity contribution in [1.29, 1.82) is 0 Å². The highest BCUT2D eigenvalue weighted by Crippen LogP contribution is 2.38. The molecule has 0 saturated carbocycles. The minimum Gasteiger partial charge on any atom is -0.475 e. The molecule has 8 nitrogen and oxygen atoms in total. The average molecular weight is 378 g/mol. The average Bonchev–Trinajstić information content (AvgIpc) is 2.52. The first kappa shape index (κ1) is 20.5. The predicted octanol–water partition coefficient (Wildman–Crippen LogP) is 3.02. The van der Waals surface area contributed by atoms with Gasteiger partial charge in [-0.3, -0.25) is 9.69 Å². The number of benzene rings is 1. The Balaban J connectivity index is 2.45. The monoisotopic (exact) mass is 378 g/mol. The highest BCUT2D eigenvalue weighted by Gasteiger charge is 2.37. The van der Waals surface area contributed by atoms with Gasteiger partial charge in [-0.15, -0.1) is 0 Å². The summed E-state index contributed by atoms with van der Waals surface area (Å²) in [6.45, 7) is 10.4. The first-order valence-electron chi connectivity index (χ1n) is 8.78. The molecule has 0 spiro atoms. The summed E-state index contributed by atoms with van der Waals surface area (Å²) in [6.07, 6.45) is -1.58. The maximum Gasteiger partial charge on any atom is 0.415 e. The van der Waals surface area contributed by atoms with Gasteiger partial charge in [0.05, 0.1) is 18.8 Å². The van der Waals surface area contributed by atoms with Crippen LogP contribution in [0, 0.1) is 6.92 Å². The SMILES string of the molecule is CCOC(=O)C1CN(C(=O)OC(C)(C)C)c2cc(C)c(NC(C)=O)cc2O1. The molecule has 0 aliphatic carbocycles. The molecule has 27 heavy (non-hydrogen) atoms. The van der Waals surface area contributed by atoms with Crippen molar-refractivity contribution < 1.29 is 28.6 Å². The number of anilines is 2. The Kier molecular flexibility index (Phi) is 5.98. The van der Waals surface area contributed by atoms with Crippen LogP contribution in [0.15, 0.2) is 12.1 Å². The largest absolute Gasteiger partial charge is 0.475 e. The Bertz CT molecular complexity index is 753. The molecule has 0 radical (unpaired) electrons. The smallest absolute Gasteiger partial charge is 0.415 e. The van der Waals surface area contributed by atoms with Crippen molar-refractivity contribution in [1.82, 2.24) is 0 Å². The van der Waals surface area contributed by atoms with Crippen molar-refractivity contribution >= 4 is 29.3 Å². The van der Waals surface area contributed by atoms with E-state index in [1.807, 2.05) is 0 Å². The summed E-state index contributed by atoms with van der Waals surface area (Å²) >= 11 is 0. The van der Waals surface area contributed by atoms with Gasteiger partial charge >= 0.3 is 12.1 Å². The van der Waals surface area contributed by atoms with Crippen LogP contribution in [0.4, 0.5) is 16.2 Å². The lowest BCUT2D eigenvalue weighted by Crippen LogP contribution is -2.49. The number of esters is 1. The van der Waals surface area contributed by atoms with Gasteiger partial charge in [-0.05, 0) is 46.2 Å². The number of aryl methyl sites for hydroxylation is 1. The van der Waals surface area contributed by atoms with Crippen molar-refractivity contribution in [2.75, 3.05) is 23.4 Å². The molecule has 1 unspecified atom stereocenters. The van der Waals surface area contributed by atoms with Crippen molar-refractivity contribution in [3.8, 4) is 5.75 Å². The molecule has 1 aromatic carbocycles. The molecule has 1 aromatic rings. The second-order valence-electron chi connectivity index (χ2n) is 7.27.